The Morgan fingerprint density at radius 3 is 2.38 bits per heavy atom. The summed E-state index contributed by atoms with van der Waals surface area (Å²) >= 11 is 0. The van der Waals surface area contributed by atoms with Crippen LogP contribution in [0, 0.1) is 5.92 Å². The number of carbonyl (C=O) groups is 3. The summed E-state index contributed by atoms with van der Waals surface area (Å²) in [6.45, 7) is 5.50. The number of hydrogen-bond donors (Lipinski definition) is 4. The highest BCUT2D eigenvalue weighted by atomic mass is 16.5. The number of aliphatic carboxylic acids is 2. The van der Waals surface area contributed by atoms with Gasteiger partial charge in [0.15, 0.2) is 11.5 Å². The molecule has 1 aliphatic rings. The van der Waals surface area contributed by atoms with E-state index in [4.69, 9.17) is 35.1 Å². The van der Waals surface area contributed by atoms with E-state index in [1.807, 2.05) is 6.07 Å². The average molecular weight is 411 g/mol. The molecule has 2 rings (SSSR count). The number of anilines is 1. The lowest BCUT2D eigenvalue weighted by Gasteiger charge is -2.30. The molecule has 1 fully saturated rings. The van der Waals surface area contributed by atoms with Crippen LogP contribution in [0.2, 0.25) is 0 Å². The number of nitrogens with two attached hydrogens (primary N) is 1. The molecular weight excluding hydrogens is 382 g/mol. The number of hydrogen-bond acceptors (Lipinski definition) is 7. The zero-order valence-corrected chi connectivity index (χ0v) is 16.9. The summed E-state index contributed by atoms with van der Waals surface area (Å²) in [7, 11) is 1.60. The minimum absolute atomic E-state index is 0.0767. The van der Waals surface area contributed by atoms with E-state index < -0.39 is 11.9 Å². The normalized spacial score (nSPS) is 16.4. The lowest BCUT2D eigenvalue weighted by molar-refractivity contribution is -0.159. The molecule has 0 aromatic heterocycles. The van der Waals surface area contributed by atoms with Gasteiger partial charge in [-0.3, -0.25) is 10.6 Å². The Balaban J connectivity index is 0.000000612. The molecule has 0 aliphatic carbocycles. The number of carbonyl (C=O) groups excluding carboxylic acids is 1. The third-order valence-corrected chi connectivity index (χ3v) is 4.03. The molecule has 1 aliphatic heterocycles. The standard InChI is InChI=1S/C17H27N3O3.C2H2O4/c1-12(2)11-23-16-10-13(7-8-15(16)22-3)19-17(21)14-6-4-5-9-20(14)18;3-1(4)2(5)6/h7-8,10,12,14H,4-6,9,11,18H2,1-3H3,(H,19,21);(H,3,4)(H,5,6). The van der Waals surface area contributed by atoms with Crippen molar-refractivity contribution in [1.82, 2.24) is 5.01 Å². The summed E-state index contributed by atoms with van der Waals surface area (Å²) in [4.78, 5) is 30.6. The van der Waals surface area contributed by atoms with Crippen molar-refractivity contribution >= 4 is 23.5 Å². The molecule has 0 radical (unpaired) electrons. The van der Waals surface area contributed by atoms with Crippen LogP contribution in [0.25, 0.3) is 0 Å². The number of carboxylic acids is 2. The highest BCUT2D eigenvalue weighted by Gasteiger charge is 2.26. The van der Waals surface area contributed by atoms with Gasteiger partial charge in [-0.1, -0.05) is 13.8 Å². The van der Waals surface area contributed by atoms with Crippen LogP contribution < -0.4 is 20.6 Å². The summed E-state index contributed by atoms with van der Waals surface area (Å²) in [5.74, 6) is 3.89. The number of hydrazine groups is 1. The predicted octanol–water partition coefficient (Wildman–Crippen LogP) is 1.55. The number of ether oxygens (including phenoxy) is 2. The summed E-state index contributed by atoms with van der Waals surface area (Å²) in [5.41, 5.74) is 0.688. The van der Waals surface area contributed by atoms with Crippen molar-refractivity contribution in [2.75, 3.05) is 25.6 Å². The van der Waals surface area contributed by atoms with E-state index in [9.17, 15) is 4.79 Å². The largest absolute Gasteiger partial charge is 0.493 e. The first-order chi connectivity index (χ1) is 13.6. The molecule has 1 atom stereocenters. The van der Waals surface area contributed by atoms with Crippen molar-refractivity contribution < 1.29 is 34.1 Å². The third-order valence-electron chi connectivity index (χ3n) is 4.03. The Hall–Kier alpha value is -2.85. The maximum atomic E-state index is 12.4. The monoisotopic (exact) mass is 411 g/mol. The van der Waals surface area contributed by atoms with Crippen molar-refractivity contribution in [3.8, 4) is 11.5 Å². The van der Waals surface area contributed by atoms with E-state index in [0.717, 1.165) is 25.8 Å². The molecule has 10 heteroatoms. The van der Waals surface area contributed by atoms with E-state index in [0.29, 0.717) is 29.7 Å². The van der Waals surface area contributed by atoms with Gasteiger partial charge >= 0.3 is 11.9 Å². The second-order valence-corrected chi connectivity index (χ2v) is 6.92. The Bertz CT molecular complexity index is 697. The molecule has 1 aromatic rings. The summed E-state index contributed by atoms with van der Waals surface area (Å²) in [5, 5.41) is 19.3. The van der Waals surface area contributed by atoms with Gasteiger partial charge in [0.1, 0.15) is 6.04 Å². The van der Waals surface area contributed by atoms with E-state index in [-0.39, 0.29) is 11.9 Å². The van der Waals surface area contributed by atoms with Crippen LogP contribution in [-0.2, 0) is 14.4 Å². The second-order valence-electron chi connectivity index (χ2n) is 6.92. The van der Waals surface area contributed by atoms with Crippen LogP contribution in [0.3, 0.4) is 0 Å². The number of nitrogens with zero attached hydrogens (tertiary/aromatic N) is 1. The average Bonchev–Trinajstić information content (AvgIpc) is 2.67. The van der Waals surface area contributed by atoms with Gasteiger partial charge in [-0.2, -0.15) is 0 Å². The molecule has 5 N–H and O–H groups in total. The Labute approximate surface area is 169 Å². The molecule has 1 aromatic carbocycles. The van der Waals surface area contributed by atoms with E-state index in [1.165, 1.54) is 0 Å². The molecule has 1 heterocycles. The zero-order chi connectivity index (χ0) is 22.0. The predicted molar refractivity (Wildman–Crippen MR) is 106 cm³/mol. The van der Waals surface area contributed by atoms with Gasteiger partial charge in [-0.05, 0) is 37.3 Å². The fourth-order valence-electron chi connectivity index (χ4n) is 2.58. The molecule has 162 valence electrons. The molecule has 1 saturated heterocycles. The molecule has 0 bridgehead atoms. The van der Waals surface area contributed by atoms with Crippen LogP contribution in [0.15, 0.2) is 18.2 Å². The molecule has 29 heavy (non-hydrogen) atoms. The lowest BCUT2D eigenvalue weighted by Crippen LogP contribution is -2.50. The zero-order valence-electron chi connectivity index (χ0n) is 16.9. The third kappa shape index (κ3) is 8.36. The molecule has 0 saturated carbocycles. The maximum Gasteiger partial charge on any atom is 0.414 e. The van der Waals surface area contributed by atoms with Crippen molar-refractivity contribution in [2.45, 2.75) is 39.2 Å². The van der Waals surface area contributed by atoms with Crippen molar-refractivity contribution in [3.05, 3.63) is 18.2 Å². The quantitative estimate of drug-likeness (QED) is 0.403. The van der Waals surface area contributed by atoms with Crippen molar-refractivity contribution in [3.63, 3.8) is 0 Å². The summed E-state index contributed by atoms with van der Waals surface area (Å²) < 4.78 is 11.1. The molecule has 1 amide bonds. The van der Waals surface area contributed by atoms with Crippen LogP contribution in [0.1, 0.15) is 33.1 Å². The number of carboxylic acid groups (broad SMARTS) is 2. The maximum absolute atomic E-state index is 12.4. The topological polar surface area (TPSA) is 151 Å². The van der Waals surface area contributed by atoms with Crippen LogP contribution >= 0.6 is 0 Å². The van der Waals surface area contributed by atoms with E-state index >= 15 is 0 Å². The van der Waals surface area contributed by atoms with Crippen molar-refractivity contribution in [1.29, 1.82) is 0 Å². The summed E-state index contributed by atoms with van der Waals surface area (Å²) in [6, 6.07) is 5.13. The molecular formula is C19H29N3O7. The smallest absolute Gasteiger partial charge is 0.414 e. The minimum Gasteiger partial charge on any atom is -0.493 e. The first kappa shape index (κ1) is 24.2. The SMILES string of the molecule is COc1ccc(NC(=O)C2CCCCN2N)cc1OCC(C)C.O=C(O)C(=O)O. The van der Waals surface area contributed by atoms with E-state index in [2.05, 4.69) is 19.2 Å². The highest BCUT2D eigenvalue weighted by Crippen LogP contribution is 2.31. The summed E-state index contributed by atoms with van der Waals surface area (Å²) in [6.07, 6.45) is 2.85. The van der Waals surface area contributed by atoms with Gasteiger partial charge in [-0.15, -0.1) is 0 Å². The fraction of sp³-hybridized carbons (Fsp3) is 0.526. The Morgan fingerprint density at radius 1 is 1.21 bits per heavy atom. The Kier molecular flexibility index (Phi) is 9.90. The fourth-order valence-corrected chi connectivity index (χ4v) is 2.58. The van der Waals surface area contributed by atoms with Crippen molar-refractivity contribution in [2.24, 2.45) is 11.8 Å². The molecule has 0 spiro atoms. The number of piperidine rings is 1. The number of benzene rings is 1. The van der Waals surface area contributed by atoms with Gasteiger partial charge in [0.2, 0.25) is 5.91 Å². The molecule has 1 unspecified atom stereocenters. The lowest BCUT2D eigenvalue weighted by atomic mass is 10.0. The second kappa shape index (κ2) is 11.9. The number of amides is 1. The number of rotatable bonds is 6. The molecule has 10 nitrogen and oxygen atoms in total. The van der Waals surface area contributed by atoms with Crippen LogP contribution in [-0.4, -0.2) is 59.4 Å². The van der Waals surface area contributed by atoms with Gasteiger partial charge in [0.05, 0.1) is 13.7 Å². The highest BCUT2D eigenvalue weighted by molar-refractivity contribution is 6.27. The van der Waals surface area contributed by atoms with Gasteiger partial charge in [0, 0.05) is 18.3 Å². The van der Waals surface area contributed by atoms with Gasteiger partial charge in [-0.25, -0.2) is 14.6 Å². The number of methoxy groups -OCH3 is 1. The van der Waals surface area contributed by atoms with Gasteiger partial charge < -0.3 is 25.0 Å². The minimum atomic E-state index is -1.82. The number of nitrogens with one attached hydrogen (secondary N) is 1. The van der Waals surface area contributed by atoms with Crippen LogP contribution in [0.5, 0.6) is 11.5 Å². The first-order valence-corrected chi connectivity index (χ1v) is 9.25. The Morgan fingerprint density at radius 2 is 1.86 bits per heavy atom. The first-order valence-electron chi connectivity index (χ1n) is 9.25. The van der Waals surface area contributed by atoms with E-state index in [1.54, 1.807) is 24.3 Å². The van der Waals surface area contributed by atoms with Gasteiger partial charge in [0.25, 0.3) is 0 Å². The van der Waals surface area contributed by atoms with Crippen LogP contribution in [0.4, 0.5) is 5.69 Å².